The number of hydrogen-bond acceptors (Lipinski definition) is 0. The van der Waals surface area contributed by atoms with Crippen molar-refractivity contribution in [1.82, 2.24) is 0 Å². The molecule has 0 radical (unpaired) electrons. The Morgan fingerprint density at radius 3 is 0.222 bits per heavy atom. The van der Waals surface area contributed by atoms with Crippen LogP contribution in [-0.4, -0.2) is 79.6 Å². The van der Waals surface area contributed by atoms with E-state index in [0.29, 0.717) is 0 Å². The van der Waals surface area contributed by atoms with Crippen LogP contribution in [0.1, 0.15) is 0 Å². The second kappa shape index (κ2) is 28.2. The number of rotatable bonds is 12. The van der Waals surface area contributed by atoms with Gasteiger partial charge in [-0.25, -0.2) is 0 Å². The van der Waals surface area contributed by atoms with E-state index in [9.17, 15) is 0 Å². The van der Waals surface area contributed by atoms with E-state index >= 15 is 0 Å². The molecule has 1 aliphatic heterocycles. The summed E-state index contributed by atoms with van der Waals surface area (Å²) in [6, 6.07) is 140. The molecule has 0 N–H and O–H groups in total. The Hall–Kier alpha value is -7.66. The first kappa shape index (κ1) is 61.2. The second-order valence-electron chi connectivity index (χ2n) is 23.6. The second-order valence-corrected chi connectivity index (χ2v) is 68.4. The molecule has 0 aromatic heterocycles. The van der Waals surface area contributed by atoms with Crippen LogP contribution in [0.25, 0.3) is 0 Å². The molecule has 0 spiro atoms. The van der Waals surface area contributed by atoms with E-state index in [1.807, 2.05) is 0 Å². The van der Waals surface area contributed by atoms with Gasteiger partial charge < -0.3 is 0 Å². The van der Waals surface area contributed by atoms with E-state index in [2.05, 4.69) is 423 Å². The predicted octanol–water partition coefficient (Wildman–Crippen LogP) is 11.4. The van der Waals surface area contributed by atoms with Gasteiger partial charge >= 0.3 is 555 Å². The van der Waals surface area contributed by atoms with E-state index in [1.165, 1.54) is 52.8 Å². The molecule has 13 rings (SSSR count). The van der Waals surface area contributed by atoms with Crippen LogP contribution in [0, 0.1) is 0 Å². The van der Waals surface area contributed by atoms with E-state index in [1.54, 1.807) is 0 Å². The van der Waals surface area contributed by atoms with E-state index < -0.39 is 79.6 Å². The van der Waals surface area contributed by atoms with Crippen molar-refractivity contribution >= 4 is 132 Å². The fourth-order valence-corrected chi connectivity index (χ4v) is 88.8. The quantitative estimate of drug-likeness (QED) is 0.107. The zero-order valence-electron chi connectivity index (χ0n) is 50.6. The molecule has 12 aromatic carbocycles. The molecule has 0 atom stereocenters. The van der Waals surface area contributed by atoms with Gasteiger partial charge in [0.1, 0.15) is 0 Å². The van der Waals surface area contributed by atoms with Crippen LogP contribution in [0.4, 0.5) is 0 Å². The third kappa shape index (κ3) is 12.4. The van der Waals surface area contributed by atoms with Gasteiger partial charge in [-0.3, -0.25) is 0 Å². The molecule has 0 unspecified atom stereocenters. The maximum atomic E-state index is 2.85. The molecular formula is C84H72Ge6. The van der Waals surface area contributed by atoms with Crippen molar-refractivity contribution in [3.63, 3.8) is 0 Å². The summed E-state index contributed by atoms with van der Waals surface area (Å²) in [6.45, 7) is 0. The molecule has 6 heteroatoms. The molecule has 432 valence electrons. The number of hydrogen-bond donors (Lipinski definition) is 0. The Morgan fingerprint density at radius 2 is 0.156 bits per heavy atom. The van der Waals surface area contributed by atoms with Crippen molar-refractivity contribution in [1.29, 1.82) is 0 Å². The van der Waals surface area contributed by atoms with Gasteiger partial charge in [-0.15, -0.1) is 0 Å². The summed E-state index contributed by atoms with van der Waals surface area (Å²) in [7, 11) is 0. The van der Waals surface area contributed by atoms with Crippen molar-refractivity contribution in [2.24, 2.45) is 0 Å². The molecule has 1 aliphatic rings. The van der Waals surface area contributed by atoms with Gasteiger partial charge in [0.05, 0.1) is 0 Å². The first-order chi connectivity index (χ1) is 44.5. The van der Waals surface area contributed by atoms with Crippen LogP contribution in [0.15, 0.2) is 423 Å². The van der Waals surface area contributed by atoms with Crippen molar-refractivity contribution < 1.29 is 0 Å². The van der Waals surface area contributed by atoms with Gasteiger partial charge in [-0.1, -0.05) is 0 Å². The summed E-state index contributed by atoms with van der Waals surface area (Å²) in [6.07, 6.45) is 0. The van der Waals surface area contributed by atoms with Crippen molar-refractivity contribution in [3.05, 3.63) is 423 Å². The van der Waals surface area contributed by atoms with Gasteiger partial charge in [-0.05, 0) is 0 Å². The minimum absolute atomic E-state index is 1.41. The minimum atomic E-state index is -3.98. The monoisotopic (exact) mass is 1520 g/mol. The van der Waals surface area contributed by atoms with E-state index in [0.717, 1.165) is 0 Å². The third-order valence-corrected chi connectivity index (χ3v) is 77.4. The Labute approximate surface area is 549 Å². The van der Waals surface area contributed by atoms with Crippen LogP contribution >= 0.6 is 0 Å². The summed E-state index contributed by atoms with van der Waals surface area (Å²) < 4.78 is 16.9. The first-order valence-electron chi connectivity index (χ1n) is 31.4. The molecular weight excluding hydrogens is 1440 g/mol. The molecule has 12 aromatic rings. The molecule has 0 nitrogen and oxygen atoms in total. The van der Waals surface area contributed by atoms with Crippen LogP contribution in [-0.2, 0) is 0 Å². The van der Waals surface area contributed by atoms with Crippen LogP contribution < -0.4 is 52.8 Å². The summed E-state index contributed by atoms with van der Waals surface area (Å²) in [4.78, 5) is 34.2. The zero-order valence-corrected chi connectivity index (χ0v) is 63.2. The Morgan fingerprint density at radius 1 is 0.0889 bits per heavy atom. The molecule has 1 heterocycles. The van der Waals surface area contributed by atoms with Crippen molar-refractivity contribution in [2.45, 2.75) is 0 Å². The van der Waals surface area contributed by atoms with Gasteiger partial charge in [0.25, 0.3) is 0 Å². The summed E-state index contributed by atoms with van der Waals surface area (Å²) in [5, 5.41) is 0. The number of benzene rings is 12. The van der Waals surface area contributed by atoms with Crippen LogP contribution in [0.2, 0.25) is 0 Å². The zero-order chi connectivity index (χ0) is 60.8. The van der Waals surface area contributed by atoms with E-state index in [-0.39, 0.29) is 0 Å². The Balaban J connectivity index is 1.26. The van der Waals surface area contributed by atoms with Gasteiger partial charge in [-0.2, -0.15) is 0 Å². The fourth-order valence-electron chi connectivity index (χ4n) is 13.8. The Kier molecular flexibility index (Phi) is 19.2. The fraction of sp³-hybridized carbons (Fsp3) is 0. The van der Waals surface area contributed by atoms with Gasteiger partial charge in [0.15, 0.2) is 0 Å². The molecule has 0 fully saturated rings. The maximum absolute atomic E-state index is 3.98. The molecule has 0 saturated carbocycles. The first-order valence-corrected chi connectivity index (χ1v) is 58.5. The molecule has 90 heavy (non-hydrogen) atoms. The molecule has 0 amide bonds. The summed E-state index contributed by atoms with van der Waals surface area (Å²) >= 11 is -23.9. The van der Waals surface area contributed by atoms with Gasteiger partial charge in [0, 0.05) is 0 Å². The van der Waals surface area contributed by atoms with Crippen LogP contribution in [0.5, 0.6) is 0 Å². The van der Waals surface area contributed by atoms with Crippen molar-refractivity contribution in [3.8, 4) is 0 Å². The average molecular weight is 1520 g/mol. The SMILES string of the molecule is [CH]1=[CH]\[Ge]([c]2ccccc2)([c]2ccccc2)/[CH]=[CH]\[Ge]([c]2ccccc2)([c]2ccccc2)/[CH]=[CH]\[Ge]([c]2ccccc2)([c]2ccccc2)/[CH]=[CH]\[Ge]([c]2ccccc2)([c]2ccccc2)/[CH]=[CH]\[Ge]([c]2ccccc2)([c]2ccccc2)/[CH]=[CH]\[Ge]/1([c]1ccccc1)[c]1ccccc1. The average Bonchev–Trinajstić information content (AvgIpc) is 0.776. The van der Waals surface area contributed by atoms with Crippen LogP contribution in [0.3, 0.4) is 0 Å². The normalized spacial score (nSPS) is 18.4. The van der Waals surface area contributed by atoms with E-state index in [4.69, 9.17) is 0 Å². The molecule has 0 aliphatic carbocycles. The predicted molar refractivity (Wildman–Crippen MR) is 402 cm³/mol. The van der Waals surface area contributed by atoms with Crippen molar-refractivity contribution in [2.75, 3.05) is 0 Å². The summed E-state index contributed by atoms with van der Waals surface area (Å²) in [5.41, 5.74) is 0. The van der Waals surface area contributed by atoms with Gasteiger partial charge in [0.2, 0.25) is 0 Å². The molecule has 0 saturated heterocycles. The third-order valence-electron chi connectivity index (χ3n) is 18.7. The molecule has 0 bridgehead atoms. The topological polar surface area (TPSA) is 0 Å². The Bertz CT molecular complexity index is 3380. The summed E-state index contributed by atoms with van der Waals surface area (Å²) in [5.74, 6) is 0. The standard InChI is InChI=1S/C84H72Ge6/c1-13-37-73(38-14-1)85(74-39-15-2-16-40-74)61-63-86(75-41-17-3-18-42-75,76-43-19-4-20-44-76)65-67-88(79-49-25-7-26-50-79,80-51-27-8-28-52-80)69-71-90(83-57-33-11-34-58-83,84-59-35-12-36-60-84)72-70-89(81-53-29-9-30-54-81,82-55-31-10-32-56-82)68-66-87(64-62-85,77-45-21-5-22-46-77)78-47-23-6-24-48-78/h1-72H/b63-61-,64-62-,67-65-,68-66-,71-69-,72-70-.